The zero-order valence-corrected chi connectivity index (χ0v) is 39.5. The molecule has 0 saturated heterocycles. The Morgan fingerprint density at radius 3 is 1.54 bits per heavy atom. The van der Waals surface area contributed by atoms with Crippen LogP contribution in [0, 0.1) is 41.5 Å². The molecular formula is C44H47ClN7NaO12. The molecule has 4 heterocycles. The van der Waals surface area contributed by atoms with Gasteiger partial charge in [0.05, 0.1) is 11.4 Å². The van der Waals surface area contributed by atoms with Gasteiger partial charge in [-0.1, -0.05) is 15.5 Å². The summed E-state index contributed by atoms with van der Waals surface area (Å²) in [5.74, 6) is 2.51. The molecule has 0 saturated carbocycles. The molecule has 0 radical (unpaired) electrons. The molecule has 3 aromatic carbocycles. The predicted octanol–water partition coefficient (Wildman–Crippen LogP) is 4.28. The summed E-state index contributed by atoms with van der Waals surface area (Å²) in [6.45, 7) is 12.1. The van der Waals surface area contributed by atoms with Gasteiger partial charge in [-0.05, 0) is 138 Å². The molecule has 0 atom stereocenters. The number of ketones is 2. The number of carbonyl (C=O) groups excluding carboxylic acids is 4. The van der Waals surface area contributed by atoms with E-state index in [0.29, 0.717) is 74.3 Å². The number of aromatic hydroxyl groups is 3. The van der Waals surface area contributed by atoms with Crippen molar-refractivity contribution < 1.29 is 83.1 Å². The first kappa shape index (κ1) is 57.8. The number of amides is 2. The molecule has 0 unspecified atom stereocenters. The number of nitrogens with zero attached hydrogens (tertiary/aromatic N) is 4. The third-order valence-corrected chi connectivity index (χ3v) is 8.04. The predicted molar refractivity (Wildman–Crippen MR) is 237 cm³/mol. The molecule has 0 aliphatic heterocycles. The van der Waals surface area contributed by atoms with Gasteiger partial charge in [-0.25, -0.2) is 9.59 Å². The Morgan fingerprint density at radius 2 is 1.11 bits per heavy atom. The Bertz CT molecular complexity index is 2760. The molecule has 19 nitrogen and oxygen atoms in total. The minimum atomic E-state index is -0.833. The molecule has 0 fully saturated rings. The van der Waals surface area contributed by atoms with Crippen LogP contribution < -0.4 is 46.7 Å². The quantitative estimate of drug-likeness (QED) is 0.0562. The number of rotatable bonds is 7. The summed E-state index contributed by atoms with van der Waals surface area (Å²) in [6, 6.07) is 20.6. The molecule has 7 rings (SSSR count). The summed E-state index contributed by atoms with van der Waals surface area (Å²) in [4.78, 5) is 59.9. The number of aromatic amines is 1. The average molecular weight is 924 g/mol. The van der Waals surface area contributed by atoms with Crippen LogP contribution in [0.1, 0.15) is 77.8 Å². The third-order valence-electron chi connectivity index (χ3n) is 8.04. The summed E-state index contributed by atoms with van der Waals surface area (Å²) in [5, 5.41) is 39.1. The molecule has 65 heavy (non-hydrogen) atoms. The molecule has 0 bridgehead atoms. The summed E-state index contributed by atoms with van der Waals surface area (Å²) < 4.78 is 14.5. The van der Waals surface area contributed by atoms with E-state index in [-0.39, 0.29) is 76.3 Å². The second-order valence-electron chi connectivity index (χ2n) is 13.3. The molecule has 9 N–H and O–H groups in total. The van der Waals surface area contributed by atoms with Crippen LogP contribution in [-0.4, -0.2) is 70.1 Å². The first-order valence-electron chi connectivity index (χ1n) is 18.3. The number of phenols is 3. The Morgan fingerprint density at radius 1 is 0.646 bits per heavy atom. The maximum Gasteiger partial charge on any atom is 1.00 e. The summed E-state index contributed by atoms with van der Waals surface area (Å²) in [7, 11) is 0. The van der Waals surface area contributed by atoms with Crippen LogP contribution in [0.3, 0.4) is 0 Å². The van der Waals surface area contributed by atoms with Gasteiger partial charge in [0.2, 0.25) is 0 Å². The number of Topliss-reactive ketones (excluding diaryl/α,β-unsaturated/α-hetero) is 1. The second kappa shape index (κ2) is 27.8. The Balaban J connectivity index is 0.000000845. The number of phenolic OH excluding ortho intramolecular Hbond substituents is 3. The number of aryl methyl sites for hydroxylation is 6. The zero-order valence-electron chi connectivity index (χ0n) is 36.6. The number of carbonyl (C=O) groups is 4. The smallest absolute Gasteiger partial charge is 0.870 e. The third kappa shape index (κ3) is 19.4. The van der Waals surface area contributed by atoms with Crippen molar-refractivity contribution in [3.8, 4) is 39.9 Å². The minimum absolute atomic E-state index is 0. The number of nitrogens with two attached hydrogens (primary N) is 2. The van der Waals surface area contributed by atoms with Crippen LogP contribution in [0.4, 0.5) is 4.79 Å². The van der Waals surface area contributed by atoms with E-state index in [1.54, 1.807) is 114 Å². The van der Waals surface area contributed by atoms with E-state index in [4.69, 9.17) is 18.9 Å². The van der Waals surface area contributed by atoms with Gasteiger partial charge in [0.1, 0.15) is 51.6 Å². The fourth-order valence-electron chi connectivity index (χ4n) is 4.90. The standard InChI is InChI=1S/C15H13N3O3.C14H13NO3.C9H10O2.C5H5NO2.CH4N2O.ClH.Na.H2O/c1-8-5-10(3-4-14(8)19)11-7-12(17-15(20)16-11)13-6-9(2)21-18-13;1-9-7-11(3-5-13(9)16)14(17)6-4-12-8-10(2)18-15-12;1-6-5-8(7(2)10)3-4-9(6)11;1-4-2-5(3-7)6-8-4;2-1(3)4;;;/h3-7,19H,1-2H3,(H,16,17,20);3-8,16H,1-2H3;3-5,11H,1-2H3;2-3H,1H3;(H4,2,3,4);1H;;1H2/q;;;;;;+1;/p-1/b;6-4+;;;;;;. The first-order valence-corrected chi connectivity index (χ1v) is 18.3. The monoisotopic (exact) mass is 923 g/mol. The van der Waals surface area contributed by atoms with Crippen LogP contribution in [0.15, 0.2) is 103 Å². The zero-order chi connectivity index (χ0) is 46.1. The first-order chi connectivity index (χ1) is 29.3. The molecule has 0 spiro atoms. The second-order valence-corrected chi connectivity index (χ2v) is 13.3. The molecule has 2 amide bonds. The van der Waals surface area contributed by atoms with Crippen molar-refractivity contribution >= 4 is 42.4 Å². The fraction of sp³-hybridized carbons (Fsp3) is 0.159. The minimum Gasteiger partial charge on any atom is -0.870 e. The van der Waals surface area contributed by atoms with Gasteiger partial charge in [0, 0.05) is 34.9 Å². The maximum atomic E-state index is 11.9. The van der Waals surface area contributed by atoms with Gasteiger partial charge >= 0.3 is 41.3 Å². The van der Waals surface area contributed by atoms with Crippen LogP contribution in [0.5, 0.6) is 17.2 Å². The number of urea groups is 1. The number of hydrogen-bond acceptors (Lipinski definition) is 16. The number of aromatic nitrogens is 5. The van der Waals surface area contributed by atoms with Gasteiger partial charge < -0.3 is 50.8 Å². The number of halogens is 1. The molecule has 338 valence electrons. The Labute approximate surface area is 400 Å². The van der Waals surface area contributed by atoms with Crippen LogP contribution >= 0.6 is 12.4 Å². The molecular weight excluding hydrogens is 877 g/mol. The van der Waals surface area contributed by atoms with Gasteiger partial charge in [0.25, 0.3) is 0 Å². The van der Waals surface area contributed by atoms with E-state index in [1.165, 1.54) is 25.1 Å². The number of primary amides is 2. The van der Waals surface area contributed by atoms with Crippen LogP contribution in [0.2, 0.25) is 0 Å². The maximum absolute atomic E-state index is 11.9. The van der Waals surface area contributed by atoms with Gasteiger partial charge in [-0.3, -0.25) is 14.4 Å². The Kier molecular flexibility index (Phi) is 24.7. The van der Waals surface area contributed by atoms with Crippen molar-refractivity contribution in [3.05, 3.63) is 152 Å². The number of allylic oxidation sites excluding steroid dienone is 1. The topological polar surface area (TPSA) is 335 Å². The number of H-pyrrole nitrogens is 1. The van der Waals surface area contributed by atoms with Gasteiger partial charge in [-0.15, -0.1) is 12.4 Å². The van der Waals surface area contributed by atoms with Crippen molar-refractivity contribution in [3.63, 3.8) is 0 Å². The molecule has 21 heteroatoms. The van der Waals surface area contributed by atoms with E-state index >= 15 is 0 Å². The summed E-state index contributed by atoms with van der Waals surface area (Å²) in [5.41, 5.74) is 14.6. The van der Waals surface area contributed by atoms with Crippen LogP contribution in [-0.2, 0) is 0 Å². The number of nitrogens with one attached hydrogen (secondary N) is 1. The SMILES string of the molecule is CC(=O)c1ccc(O)c(C)c1.Cc1cc(-c2cc(-c3ccc(O)c(C)c3)nc(=O)[nH]2)no1.Cc1cc(/C=C/C(=O)c2ccc(O)c(C)c2)no1.Cc1cc(C=O)no1.Cl.NC(N)=O.[Na+].[OH-]. The number of benzene rings is 3. The number of aldehydes is 1. The largest absolute Gasteiger partial charge is 1.00 e. The molecule has 0 aliphatic rings. The van der Waals surface area contributed by atoms with Crippen molar-refractivity contribution in [2.75, 3.05) is 0 Å². The summed E-state index contributed by atoms with van der Waals surface area (Å²) >= 11 is 0. The normalized spacial score (nSPS) is 9.65. The van der Waals surface area contributed by atoms with Crippen molar-refractivity contribution in [2.24, 2.45) is 11.5 Å². The molecule has 7 aromatic rings. The fourth-order valence-corrected chi connectivity index (χ4v) is 4.90. The molecule has 0 aliphatic carbocycles. The average Bonchev–Trinajstić information content (AvgIpc) is 3.98. The van der Waals surface area contributed by atoms with E-state index in [9.17, 15) is 29.4 Å². The van der Waals surface area contributed by atoms with Crippen molar-refractivity contribution in [2.45, 2.75) is 48.5 Å². The van der Waals surface area contributed by atoms with Crippen molar-refractivity contribution in [1.29, 1.82) is 0 Å². The Hall–Kier alpha value is -7.16. The van der Waals surface area contributed by atoms with Gasteiger partial charge in [0.15, 0.2) is 17.9 Å². The van der Waals surface area contributed by atoms with E-state index in [2.05, 4.69) is 41.4 Å². The van der Waals surface area contributed by atoms with E-state index in [0.717, 1.165) is 11.1 Å². The van der Waals surface area contributed by atoms with Crippen LogP contribution in [0.25, 0.3) is 28.7 Å². The van der Waals surface area contributed by atoms with Crippen molar-refractivity contribution in [1.82, 2.24) is 25.4 Å². The van der Waals surface area contributed by atoms with E-state index in [1.807, 2.05) is 0 Å². The number of hydrogen-bond donors (Lipinski definition) is 6. The van der Waals surface area contributed by atoms with E-state index < -0.39 is 11.7 Å². The summed E-state index contributed by atoms with van der Waals surface area (Å²) in [6.07, 6.45) is 3.68. The molecule has 4 aromatic heterocycles. The van der Waals surface area contributed by atoms with Gasteiger partial charge in [-0.2, -0.15) is 4.98 Å².